The Hall–Kier alpha value is -2.25. The van der Waals surface area contributed by atoms with Gasteiger partial charge in [-0.05, 0) is 81.1 Å². The van der Waals surface area contributed by atoms with Gasteiger partial charge in [0.15, 0.2) is 0 Å². The van der Waals surface area contributed by atoms with E-state index in [1.807, 2.05) is 36.4 Å². The van der Waals surface area contributed by atoms with E-state index in [9.17, 15) is 14.9 Å². The van der Waals surface area contributed by atoms with Gasteiger partial charge in [-0.25, -0.2) is 5.43 Å². The third kappa shape index (κ3) is 6.37. The molecule has 0 saturated heterocycles. The summed E-state index contributed by atoms with van der Waals surface area (Å²) in [5, 5.41) is 15.3. The fourth-order valence-electron chi connectivity index (χ4n) is 2.52. The van der Waals surface area contributed by atoms with Gasteiger partial charge in [0.1, 0.15) is 12.4 Å². The van der Waals surface area contributed by atoms with Gasteiger partial charge >= 0.3 is 0 Å². The van der Waals surface area contributed by atoms with E-state index in [-0.39, 0.29) is 11.3 Å². The first-order valence-electron chi connectivity index (χ1n) is 8.78. The van der Waals surface area contributed by atoms with Gasteiger partial charge in [-0.2, -0.15) is 5.10 Å². The quantitative estimate of drug-likeness (QED) is 0.150. The second-order valence-corrected chi connectivity index (χ2v) is 8.93. The minimum absolute atomic E-state index is 0.0824. The van der Waals surface area contributed by atoms with Gasteiger partial charge in [0.05, 0.1) is 18.3 Å². The van der Waals surface area contributed by atoms with Crippen molar-refractivity contribution < 1.29 is 14.5 Å². The Balaban J connectivity index is 1.64. The zero-order valence-corrected chi connectivity index (χ0v) is 20.8. The molecule has 0 aliphatic carbocycles. The molecule has 0 aliphatic heterocycles. The average molecular weight is 662 g/mol. The standard InChI is InChI=1S/C21H14ClI2N3O4/c22-17-4-2-1-3-15(17)12-31-20-18(23)9-13(10-19(20)24)11-25-26-21(28)14-5-7-16(8-6-14)27(29)30/h1-11H,12H2,(H,26,28)/b25-11-. The number of hydrogen-bond acceptors (Lipinski definition) is 5. The molecule has 3 aromatic rings. The number of amides is 1. The molecular formula is C21H14ClI2N3O4. The largest absolute Gasteiger partial charge is 0.487 e. The molecule has 0 aliphatic rings. The summed E-state index contributed by atoms with van der Waals surface area (Å²) in [7, 11) is 0. The number of ether oxygens (including phenoxy) is 1. The van der Waals surface area contributed by atoms with Crippen LogP contribution in [0.4, 0.5) is 5.69 Å². The first-order chi connectivity index (χ1) is 14.8. The SMILES string of the molecule is O=C(N/N=C\c1cc(I)c(OCc2ccccc2Cl)c(I)c1)c1ccc([N+](=O)[O-])cc1. The molecule has 0 bridgehead atoms. The molecule has 7 nitrogen and oxygen atoms in total. The maximum Gasteiger partial charge on any atom is 0.271 e. The highest BCUT2D eigenvalue weighted by atomic mass is 127. The van der Waals surface area contributed by atoms with Crippen LogP contribution in [-0.4, -0.2) is 17.0 Å². The van der Waals surface area contributed by atoms with Gasteiger partial charge < -0.3 is 4.74 Å². The number of nitrogens with one attached hydrogen (secondary N) is 1. The van der Waals surface area contributed by atoms with Crippen LogP contribution in [0.1, 0.15) is 21.5 Å². The van der Waals surface area contributed by atoms with E-state index in [0.717, 1.165) is 24.0 Å². The van der Waals surface area contributed by atoms with E-state index >= 15 is 0 Å². The molecule has 158 valence electrons. The lowest BCUT2D eigenvalue weighted by Gasteiger charge is -2.12. The third-order valence-electron chi connectivity index (χ3n) is 4.07. The number of carbonyl (C=O) groups excluding carboxylic acids is 1. The molecule has 0 heterocycles. The summed E-state index contributed by atoms with van der Waals surface area (Å²) in [6, 6.07) is 16.6. The lowest BCUT2D eigenvalue weighted by atomic mass is 10.2. The number of hydrazone groups is 1. The van der Waals surface area contributed by atoms with Crippen molar-refractivity contribution in [2.45, 2.75) is 6.61 Å². The Labute approximate surface area is 210 Å². The molecule has 0 fully saturated rings. The molecule has 3 aromatic carbocycles. The number of nitrogens with zero attached hydrogens (tertiary/aromatic N) is 2. The lowest BCUT2D eigenvalue weighted by Crippen LogP contribution is -2.17. The minimum atomic E-state index is -0.523. The topological polar surface area (TPSA) is 93.8 Å². The van der Waals surface area contributed by atoms with Crippen molar-refractivity contribution in [1.29, 1.82) is 0 Å². The van der Waals surface area contributed by atoms with Crippen LogP contribution >= 0.6 is 56.8 Å². The minimum Gasteiger partial charge on any atom is -0.487 e. The maximum absolute atomic E-state index is 12.1. The van der Waals surface area contributed by atoms with Crippen molar-refractivity contribution in [2.24, 2.45) is 5.10 Å². The van der Waals surface area contributed by atoms with Gasteiger partial charge in [0.2, 0.25) is 0 Å². The number of rotatable bonds is 7. The van der Waals surface area contributed by atoms with Crippen molar-refractivity contribution in [3.8, 4) is 5.75 Å². The Bertz CT molecular complexity index is 1130. The summed E-state index contributed by atoms with van der Waals surface area (Å²) in [4.78, 5) is 22.3. The summed E-state index contributed by atoms with van der Waals surface area (Å²) < 4.78 is 7.73. The molecule has 0 saturated carbocycles. The molecule has 1 N–H and O–H groups in total. The van der Waals surface area contributed by atoms with E-state index in [4.69, 9.17) is 16.3 Å². The molecule has 0 atom stereocenters. The lowest BCUT2D eigenvalue weighted by molar-refractivity contribution is -0.384. The van der Waals surface area contributed by atoms with Gasteiger partial charge in [-0.1, -0.05) is 29.8 Å². The highest BCUT2D eigenvalue weighted by Gasteiger charge is 2.11. The second kappa shape index (κ2) is 10.9. The fraction of sp³-hybridized carbons (Fsp3) is 0.0476. The van der Waals surface area contributed by atoms with Gasteiger partial charge in [-0.15, -0.1) is 0 Å². The van der Waals surface area contributed by atoms with Crippen molar-refractivity contribution in [2.75, 3.05) is 0 Å². The Kier molecular flexibility index (Phi) is 8.21. The van der Waals surface area contributed by atoms with Crippen LogP contribution < -0.4 is 10.2 Å². The number of hydrogen-bond donors (Lipinski definition) is 1. The van der Waals surface area contributed by atoms with Crippen molar-refractivity contribution in [1.82, 2.24) is 5.43 Å². The first kappa shape index (κ1) is 23.4. The first-order valence-corrected chi connectivity index (χ1v) is 11.3. The highest BCUT2D eigenvalue weighted by molar-refractivity contribution is 14.1. The molecule has 3 rings (SSSR count). The highest BCUT2D eigenvalue weighted by Crippen LogP contribution is 2.30. The van der Waals surface area contributed by atoms with Crippen LogP contribution in [0.2, 0.25) is 5.02 Å². The Morgan fingerprint density at radius 1 is 1.13 bits per heavy atom. The van der Waals surface area contributed by atoms with Gasteiger partial charge in [0, 0.05) is 28.3 Å². The van der Waals surface area contributed by atoms with Crippen LogP contribution in [0, 0.1) is 17.3 Å². The van der Waals surface area contributed by atoms with Crippen LogP contribution in [0.15, 0.2) is 65.8 Å². The van der Waals surface area contributed by atoms with E-state index in [2.05, 4.69) is 55.7 Å². The number of nitro groups is 1. The molecule has 0 radical (unpaired) electrons. The molecule has 0 unspecified atom stereocenters. The zero-order valence-electron chi connectivity index (χ0n) is 15.7. The average Bonchev–Trinajstić information content (AvgIpc) is 2.74. The summed E-state index contributed by atoms with van der Waals surface area (Å²) in [6.07, 6.45) is 1.52. The van der Waals surface area contributed by atoms with Crippen molar-refractivity contribution >= 4 is 74.6 Å². The molecule has 31 heavy (non-hydrogen) atoms. The molecular weight excluding hydrogens is 648 g/mol. The van der Waals surface area contributed by atoms with E-state index in [0.29, 0.717) is 11.6 Å². The van der Waals surface area contributed by atoms with Crippen LogP contribution in [0.3, 0.4) is 0 Å². The second-order valence-electron chi connectivity index (χ2n) is 6.20. The van der Waals surface area contributed by atoms with Crippen LogP contribution in [0.25, 0.3) is 0 Å². The van der Waals surface area contributed by atoms with Crippen molar-refractivity contribution in [3.63, 3.8) is 0 Å². The zero-order chi connectivity index (χ0) is 22.4. The molecule has 0 spiro atoms. The number of nitro benzene ring substituents is 1. The summed E-state index contributed by atoms with van der Waals surface area (Å²) >= 11 is 10.5. The number of carbonyl (C=O) groups is 1. The predicted molar refractivity (Wildman–Crippen MR) is 136 cm³/mol. The number of non-ortho nitro benzene ring substituents is 1. The van der Waals surface area contributed by atoms with Gasteiger partial charge in [0.25, 0.3) is 11.6 Å². The Morgan fingerprint density at radius 2 is 1.77 bits per heavy atom. The fourth-order valence-corrected chi connectivity index (χ4v) is 4.84. The third-order valence-corrected chi connectivity index (χ3v) is 6.04. The number of benzene rings is 3. The molecule has 0 aromatic heterocycles. The summed E-state index contributed by atoms with van der Waals surface area (Å²) in [6.45, 7) is 0.352. The predicted octanol–water partition coefficient (Wildman–Crippen LogP) is 5.80. The van der Waals surface area contributed by atoms with E-state index in [1.165, 1.54) is 30.5 Å². The van der Waals surface area contributed by atoms with Crippen molar-refractivity contribution in [3.05, 3.63) is 99.6 Å². The number of halogens is 3. The molecule has 10 heteroatoms. The summed E-state index contributed by atoms with van der Waals surface area (Å²) in [5.74, 6) is 0.281. The summed E-state index contributed by atoms with van der Waals surface area (Å²) in [5.41, 5.74) is 4.28. The van der Waals surface area contributed by atoms with Gasteiger partial charge in [-0.3, -0.25) is 14.9 Å². The smallest absolute Gasteiger partial charge is 0.271 e. The monoisotopic (exact) mass is 661 g/mol. The van der Waals surface area contributed by atoms with Crippen LogP contribution in [-0.2, 0) is 6.61 Å². The maximum atomic E-state index is 12.1. The normalized spacial score (nSPS) is 10.8. The van der Waals surface area contributed by atoms with E-state index < -0.39 is 10.8 Å². The molecule has 1 amide bonds. The van der Waals surface area contributed by atoms with Crippen LogP contribution in [0.5, 0.6) is 5.75 Å². The Morgan fingerprint density at radius 3 is 2.39 bits per heavy atom. The van der Waals surface area contributed by atoms with E-state index in [1.54, 1.807) is 0 Å².